The number of nitrogen functional groups attached to an aromatic ring is 1. The number of amides is 1. The van der Waals surface area contributed by atoms with Gasteiger partial charge in [0.15, 0.2) is 10.8 Å². The molecule has 1 radical (unpaired) electrons. The van der Waals surface area contributed by atoms with Gasteiger partial charge in [0.1, 0.15) is 5.69 Å². The van der Waals surface area contributed by atoms with Crippen molar-refractivity contribution in [2.45, 2.75) is 6.42 Å². The summed E-state index contributed by atoms with van der Waals surface area (Å²) in [6.07, 6.45) is 2.01. The molecule has 1 aromatic carbocycles. The first-order chi connectivity index (χ1) is 9.06. The Bertz CT molecular complexity index is 605. The summed E-state index contributed by atoms with van der Waals surface area (Å²) >= 11 is 1.11. The predicted octanol–water partition coefficient (Wildman–Crippen LogP) is 1.45. The molecule has 0 aliphatic rings. The first kappa shape index (κ1) is 13.2. The lowest BCUT2D eigenvalue weighted by atomic mass is 10.1. The standard InChI is InChI=1S/C13H12N3O2S/c14-9-4-1-8(2-5-9)3-6-11(17)13-16-10(7-19-13)12(15)18/h1-2,4-7H,3,14H2,(H2,15,18). The van der Waals surface area contributed by atoms with Crippen molar-refractivity contribution in [1.29, 1.82) is 0 Å². The fraction of sp³-hybridized carbons (Fsp3) is 0.0769. The first-order valence-electron chi connectivity index (χ1n) is 5.53. The maximum atomic E-state index is 11.8. The van der Waals surface area contributed by atoms with Crippen molar-refractivity contribution in [2.75, 3.05) is 5.73 Å². The second kappa shape index (κ2) is 5.62. The maximum absolute atomic E-state index is 11.8. The van der Waals surface area contributed by atoms with E-state index >= 15 is 0 Å². The smallest absolute Gasteiger partial charge is 0.268 e. The minimum absolute atomic E-state index is 0.120. The Morgan fingerprint density at radius 2 is 1.95 bits per heavy atom. The van der Waals surface area contributed by atoms with Crippen LogP contribution < -0.4 is 11.5 Å². The number of thiazole rings is 1. The Labute approximate surface area is 114 Å². The van der Waals surface area contributed by atoms with Crippen LogP contribution in [0.3, 0.4) is 0 Å². The molecule has 19 heavy (non-hydrogen) atoms. The van der Waals surface area contributed by atoms with Crippen LogP contribution in [0.4, 0.5) is 5.69 Å². The molecule has 0 aliphatic carbocycles. The van der Waals surface area contributed by atoms with E-state index in [1.807, 2.05) is 12.1 Å². The molecule has 2 aromatic rings. The molecule has 6 heteroatoms. The molecule has 4 N–H and O–H groups in total. The van der Waals surface area contributed by atoms with E-state index in [1.165, 1.54) is 11.8 Å². The summed E-state index contributed by atoms with van der Waals surface area (Å²) in [4.78, 5) is 26.6. The van der Waals surface area contributed by atoms with E-state index in [0.29, 0.717) is 12.1 Å². The van der Waals surface area contributed by atoms with E-state index in [-0.39, 0.29) is 16.5 Å². The molecule has 0 spiro atoms. The minimum Gasteiger partial charge on any atom is -0.399 e. The van der Waals surface area contributed by atoms with E-state index in [4.69, 9.17) is 11.5 Å². The molecule has 1 aromatic heterocycles. The largest absolute Gasteiger partial charge is 0.399 e. The van der Waals surface area contributed by atoms with Gasteiger partial charge in [0, 0.05) is 17.5 Å². The van der Waals surface area contributed by atoms with Crippen LogP contribution in [-0.4, -0.2) is 16.7 Å². The van der Waals surface area contributed by atoms with Gasteiger partial charge in [0.2, 0.25) is 0 Å². The van der Waals surface area contributed by atoms with Gasteiger partial charge < -0.3 is 11.5 Å². The number of benzene rings is 1. The summed E-state index contributed by atoms with van der Waals surface area (Å²) < 4.78 is 0. The van der Waals surface area contributed by atoms with E-state index in [1.54, 1.807) is 12.1 Å². The molecular weight excluding hydrogens is 262 g/mol. The summed E-state index contributed by atoms with van der Waals surface area (Å²) in [6, 6.07) is 7.27. The zero-order valence-corrected chi connectivity index (χ0v) is 10.8. The predicted molar refractivity (Wildman–Crippen MR) is 73.8 cm³/mol. The van der Waals surface area contributed by atoms with Crippen molar-refractivity contribution in [3.8, 4) is 0 Å². The fourth-order valence-corrected chi connectivity index (χ4v) is 2.19. The zero-order chi connectivity index (χ0) is 13.8. The van der Waals surface area contributed by atoms with Gasteiger partial charge in [-0.1, -0.05) is 12.1 Å². The van der Waals surface area contributed by atoms with Crippen molar-refractivity contribution in [3.63, 3.8) is 0 Å². The van der Waals surface area contributed by atoms with Gasteiger partial charge in [-0.2, -0.15) is 0 Å². The molecule has 97 valence electrons. The van der Waals surface area contributed by atoms with E-state index in [2.05, 4.69) is 4.98 Å². The van der Waals surface area contributed by atoms with Crippen LogP contribution in [-0.2, 0) is 6.42 Å². The summed E-state index contributed by atoms with van der Waals surface area (Å²) in [6.45, 7) is 0. The SMILES string of the molecule is NC(=O)c1csc(C(=O)[CH]Cc2ccc(N)cc2)n1. The molecule has 0 saturated heterocycles. The van der Waals surface area contributed by atoms with Gasteiger partial charge in [-0.3, -0.25) is 9.59 Å². The van der Waals surface area contributed by atoms with Gasteiger partial charge >= 0.3 is 0 Å². The molecule has 0 bridgehead atoms. The number of nitrogens with two attached hydrogens (primary N) is 2. The number of primary amides is 1. The molecule has 2 rings (SSSR count). The van der Waals surface area contributed by atoms with Crippen LogP contribution in [0.1, 0.15) is 25.9 Å². The Morgan fingerprint density at radius 3 is 2.53 bits per heavy atom. The monoisotopic (exact) mass is 274 g/mol. The summed E-state index contributed by atoms with van der Waals surface area (Å²) in [5, 5.41) is 1.75. The van der Waals surface area contributed by atoms with Crippen LogP contribution >= 0.6 is 11.3 Å². The Balaban J connectivity index is 1.97. The fourth-order valence-electron chi connectivity index (χ4n) is 1.45. The summed E-state index contributed by atoms with van der Waals surface area (Å²) in [5.74, 6) is -0.844. The summed E-state index contributed by atoms with van der Waals surface area (Å²) in [5.41, 5.74) is 12.4. The Kier molecular flexibility index (Phi) is 3.91. The molecule has 0 aliphatic heterocycles. The number of hydrogen-bond donors (Lipinski definition) is 2. The lowest BCUT2D eigenvalue weighted by molar-refractivity contribution is 0.0996. The number of carbonyl (C=O) groups excluding carboxylic acids is 2. The third-order valence-corrected chi connectivity index (χ3v) is 3.33. The highest BCUT2D eigenvalue weighted by molar-refractivity contribution is 7.12. The lowest BCUT2D eigenvalue weighted by Gasteiger charge is -2.00. The van der Waals surface area contributed by atoms with Gasteiger partial charge in [-0.25, -0.2) is 4.98 Å². The highest BCUT2D eigenvalue weighted by Crippen LogP contribution is 2.13. The van der Waals surface area contributed by atoms with Gasteiger partial charge in [-0.05, 0) is 24.1 Å². The normalized spacial score (nSPS) is 10.3. The molecule has 0 fully saturated rings. The maximum Gasteiger partial charge on any atom is 0.268 e. The highest BCUT2D eigenvalue weighted by Gasteiger charge is 2.13. The number of carbonyl (C=O) groups is 2. The number of hydrogen-bond acceptors (Lipinski definition) is 5. The van der Waals surface area contributed by atoms with Crippen molar-refractivity contribution in [3.05, 3.63) is 52.3 Å². The van der Waals surface area contributed by atoms with Crippen molar-refractivity contribution in [1.82, 2.24) is 4.98 Å². The number of rotatable bonds is 5. The molecule has 0 saturated carbocycles. The van der Waals surface area contributed by atoms with Crippen LogP contribution in [0.5, 0.6) is 0 Å². The molecule has 1 heterocycles. The van der Waals surface area contributed by atoms with Crippen LogP contribution in [0.15, 0.2) is 29.6 Å². The van der Waals surface area contributed by atoms with Crippen LogP contribution in [0, 0.1) is 6.42 Å². The number of aromatic nitrogens is 1. The van der Waals surface area contributed by atoms with Crippen molar-refractivity contribution in [2.24, 2.45) is 5.73 Å². The van der Waals surface area contributed by atoms with Crippen molar-refractivity contribution >= 4 is 28.7 Å². The number of ketones is 1. The highest BCUT2D eigenvalue weighted by atomic mass is 32.1. The quantitative estimate of drug-likeness (QED) is 0.636. The first-order valence-corrected chi connectivity index (χ1v) is 6.41. The molecule has 0 atom stereocenters. The lowest BCUT2D eigenvalue weighted by Crippen LogP contribution is -2.12. The molecular formula is C13H12N3O2S. The van der Waals surface area contributed by atoms with E-state index in [9.17, 15) is 9.59 Å². The zero-order valence-electron chi connectivity index (χ0n) is 10.00. The van der Waals surface area contributed by atoms with Crippen LogP contribution in [0.2, 0.25) is 0 Å². The number of Topliss-reactive ketones (excluding diaryl/α,β-unsaturated/α-hetero) is 1. The Hall–Kier alpha value is -2.21. The third kappa shape index (κ3) is 3.38. The van der Waals surface area contributed by atoms with Gasteiger partial charge in [0.25, 0.3) is 5.91 Å². The molecule has 1 amide bonds. The molecule has 0 unspecified atom stereocenters. The van der Waals surface area contributed by atoms with Crippen LogP contribution in [0.25, 0.3) is 0 Å². The molecule has 5 nitrogen and oxygen atoms in total. The number of nitrogens with zero attached hydrogens (tertiary/aromatic N) is 1. The average molecular weight is 274 g/mol. The topological polar surface area (TPSA) is 99.1 Å². The van der Waals surface area contributed by atoms with E-state index < -0.39 is 5.91 Å². The average Bonchev–Trinajstić information content (AvgIpc) is 2.87. The third-order valence-electron chi connectivity index (χ3n) is 2.47. The number of anilines is 1. The second-order valence-corrected chi connectivity index (χ2v) is 4.77. The van der Waals surface area contributed by atoms with Gasteiger partial charge in [0.05, 0.1) is 0 Å². The van der Waals surface area contributed by atoms with E-state index in [0.717, 1.165) is 16.9 Å². The summed E-state index contributed by atoms with van der Waals surface area (Å²) in [7, 11) is 0. The minimum atomic E-state index is -0.631. The van der Waals surface area contributed by atoms with Gasteiger partial charge in [-0.15, -0.1) is 11.3 Å². The second-order valence-electron chi connectivity index (χ2n) is 3.92. The van der Waals surface area contributed by atoms with Crippen molar-refractivity contribution < 1.29 is 9.59 Å². The Morgan fingerprint density at radius 1 is 1.26 bits per heavy atom.